The van der Waals surface area contributed by atoms with Crippen LogP contribution in [0.15, 0.2) is 0 Å². The Balaban J connectivity index is 2.33. The number of carbonyl (C=O) groups is 2. The molecule has 1 unspecified atom stereocenters. The van der Waals surface area contributed by atoms with E-state index in [2.05, 4.69) is 19.1 Å². The largest absolute Gasteiger partial charge is 0.502 e. The zero-order valence-corrected chi connectivity index (χ0v) is 17.6. The summed E-state index contributed by atoms with van der Waals surface area (Å²) >= 11 is 4.68. The molecular weight excluding hydrogens is 344 g/mol. The van der Waals surface area contributed by atoms with Crippen LogP contribution in [0, 0.1) is 17.8 Å². The Morgan fingerprint density at radius 1 is 1.12 bits per heavy atom. The SMILES string of the molecule is CCCCCC(CC[C@H]1CCC(=O)[C@@H]1CCCCCCC(O)=S)C(C)=O. The molecule has 150 valence electrons. The molecule has 0 bridgehead atoms. The van der Waals surface area contributed by atoms with Crippen LogP contribution in [0.3, 0.4) is 0 Å². The number of hydrogen-bond donors (Lipinski definition) is 1. The summed E-state index contributed by atoms with van der Waals surface area (Å²) < 4.78 is 0. The molecule has 3 atom stereocenters. The Morgan fingerprint density at radius 3 is 2.50 bits per heavy atom. The molecule has 4 heteroatoms. The van der Waals surface area contributed by atoms with Gasteiger partial charge in [-0.25, -0.2) is 0 Å². The van der Waals surface area contributed by atoms with E-state index in [1.807, 2.05) is 0 Å². The summed E-state index contributed by atoms with van der Waals surface area (Å²) in [5.74, 6) is 1.67. The normalized spacial score (nSPS) is 21.1. The monoisotopic (exact) mass is 382 g/mol. The second kappa shape index (κ2) is 13.4. The number of hydrogen-bond acceptors (Lipinski definition) is 3. The van der Waals surface area contributed by atoms with Crippen molar-refractivity contribution in [2.75, 3.05) is 0 Å². The molecule has 0 aromatic carbocycles. The molecule has 1 N–H and O–H groups in total. The van der Waals surface area contributed by atoms with Crippen molar-refractivity contribution < 1.29 is 14.7 Å². The highest BCUT2D eigenvalue weighted by Gasteiger charge is 2.34. The van der Waals surface area contributed by atoms with Crippen LogP contribution < -0.4 is 0 Å². The van der Waals surface area contributed by atoms with Crippen molar-refractivity contribution in [3.63, 3.8) is 0 Å². The van der Waals surface area contributed by atoms with Crippen molar-refractivity contribution >= 4 is 28.8 Å². The molecule has 0 radical (unpaired) electrons. The first kappa shape index (κ1) is 23.3. The molecule has 0 aliphatic heterocycles. The van der Waals surface area contributed by atoms with Crippen molar-refractivity contribution in [2.45, 2.75) is 104 Å². The van der Waals surface area contributed by atoms with Crippen LogP contribution in [0.25, 0.3) is 0 Å². The third kappa shape index (κ3) is 9.25. The van der Waals surface area contributed by atoms with E-state index in [1.165, 1.54) is 12.8 Å². The van der Waals surface area contributed by atoms with Crippen molar-refractivity contribution in [2.24, 2.45) is 17.8 Å². The van der Waals surface area contributed by atoms with E-state index in [0.29, 0.717) is 23.9 Å². The molecule has 1 aliphatic rings. The third-order valence-electron chi connectivity index (χ3n) is 6.02. The first-order chi connectivity index (χ1) is 12.5. The summed E-state index contributed by atoms with van der Waals surface area (Å²) in [5, 5.41) is 9.13. The fraction of sp³-hybridized carbons (Fsp3) is 0.864. The molecule has 26 heavy (non-hydrogen) atoms. The van der Waals surface area contributed by atoms with Crippen LogP contribution in [-0.2, 0) is 9.59 Å². The number of carbonyl (C=O) groups excluding carboxylic acids is 2. The third-order valence-corrected chi connectivity index (χ3v) is 6.22. The van der Waals surface area contributed by atoms with Crippen LogP contribution in [0.4, 0.5) is 0 Å². The molecule has 0 heterocycles. The van der Waals surface area contributed by atoms with Crippen LogP contribution in [0.2, 0.25) is 0 Å². The minimum absolute atomic E-state index is 0.106. The van der Waals surface area contributed by atoms with Gasteiger partial charge in [0.25, 0.3) is 0 Å². The van der Waals surface area contributed by atoms with Gasteiger partial charge < -0.3 is 5.11 Å². The molecule has 0 amide bonds. The highest BCUT2D eigenvalue weighted by atomic mass is 32.1. The van der Waals surface area contributed by atoms with Gasteiger partial charge in [-0.1, -0.05) is 45.4 Å². The smallest absolute Gasteiger partial charge is 0.156 e. The first-order valence-electron chi connectivity index (χ1n) is 10.7. The molecule has 0 aromatic heterocycles. The van der Waals surface area contributed by atoms with E-state index < -0.39 is 0 Å². The average molecular weight is 383 g/mol. The van der Waals surface area contributed by atoms with Crippen LogP contribution in [0.5, 0.6) is 0 Å². The second-order valence-corrected chi connectivity index (χ2v) is 8.57. The predicted molar refractivity (Wildman–Crippen MR) is 112 cm³/mol. The van der Waals surface area contributed by atoms with Crippen molar-refractivity contribution in [1.82, 2.24) is 0 Å². The predicted octanol–water partition coefficient (Wildman–Crippen LogP) is 6.37. The summed E-state index contributed by atoms with van der Waals surface area (Å²) in [5.41, 5.74) is 0. The first-order valence-corrected chi connectivity index (χ1v) is 11.1. The van der Waals surface area contributed by atoms with Crippen molar-refractivity contribution in [3.8, 4) is 0 Å². The van der Waals surface area contributed by atoms with E-state index >= 15 is 0 Å². The highest BCUT2D eigenvalue weighted by molar-refractivity contribution is 7.80. The summed E-state index contributed by atoms with van der Waals surface area (Å²) in [6, 6.07) is 0. The number of Topliss-reactive ketones (excluding diaryl/α,β-unsaturated/α-hetero) is 2. The highest BCUT2D eigenvalue weighted by Crippen LogP contribution is 2.37. The molecule has 1 rings (SSSR count). The number of ketones is 2. The van der Waals surface area contributed by atoms with Crippen LogP contribution in [-0.4, -0.2) is 21.7 Å². The van der Waals surface area contributed by atoms with E-state index in [1.54, 1.807) is 6.92 Å². The van der Waals surface area contributed by atoms with Gasteiger partial charge in [0, 0.05) is 24.7 Å². The average Bonchev–Trinajstić information content (AvgIpc) is 2.93. The Morgan fingerprint density at radius 2 is 1.85 bits per heavy atom. The zero-order valence-electron chi connectivity index (χ0n) is 16.8. The quantitative estimate of drug-likeness (QED) is 0.264. The maximum absolute atomic E-state index is 12.3. The minimum atomic E-state index is 0.106. The van der Waals surface area contributed by atoms with Crippen molar-refractivity contribution in [3.05, 3.63) is 0 Å². The maximum Gasteiger partial charge on any atom is 0.156 e. The molecular formula is C22H38O3S. The number of aliphatic hydroxyl groups excluding tert-OH is 1. The zero-order chi connectivity index (χ0) is 19.4. The lowest BCUT2D eigenvalue weighted by Crippen LogP contribution is -2.18. The number of thiocarbonyl (C=S) groups is 1. The molecule has 0 saturated heterocycles. The van der Waals surface area contributed by atoms with Gasteiger partial charge in [0.2, 0.25) is 0 Å². The van der Waals surface area contributed by atoms with Gasteiger partial charge in [-0.3, -0.25) is 9.59 Å². The van der Waals surface area contributed by atoms with Gasteiger partial charge >= 0.3 is 0 Å². The lowest BCUT2D eigenvalue weighted by molar-refractivity contribution is -0.121. The lowest BCUT2D eigenvalue weighted by Gasteiger charge is -2.21. The van der Waals surface area contributed by atoms with E-state index in [4.69, 9.17) is 5.11 Å². The lowest BCUT2D eigenvalue weighted by atomic mass is 9.83. The molecule has 0 spiro atoms. The Hall–Kier alpha value is -0.770. The van der Waals surface area contributed by atoms with Gasteiger partial charge in [0.05, 0.1) is 0 Å². The van der Waals surface area contributed by atoms with Gasteiger partial charge in [0.15, 0.2) is 5.05 Å². The van der Waals surface area contributed by atoms with Crippen LogP contribution in [0.1, 0.15) is 104 Å². The van der Waals surface area contributed by atoms with E-state index in [-0.39, 0.29) is 16.9 Å². The Bertz CT molecular complexity index is 447. The minimum Gasteiger partial charge on any atom is -0.502 e. The van der Waals surface area contributed by atoms with Gasteiger partial charge in [0.1, 0.15) is 11.6 Å². The Kier molecular flexibility index (Phi) is 12.0. The van der Waals surface area contributed by atoms with Crippen molar-refractivity contribution in [1.29, 1.82) is 0 Å². The van der Waals surface area contributed by atoms with Gasteiger partial charge in [-0.15, -0.1) is 0 Å². The van der Waals surface area contributed by atoms with E-state index in [9.17, 15) is 9.59 Å². The summed E-state index contributed by atoms with van der Waals surface area (Å²) in [6.45, 7) is 3.92. The number of rotatable bonds is 15. The van der Waals surface area contributed by atoms with E-state index in [0.717, 1.165) is 70.6 Å². The molecule has 1 saturated carbocycles. The van der Waals surface area contributed by atoms with Crippen LogP contribution >= 0.6 is 12.2 Å². The fourth-order valence-corrected chi connectivity index (χ4v) is 4.46. The summed E-state index contributed by atoms with van der Waals surface area (Å²) in [6.07, 6.45) is 14.1. The molecule has 3 nitrogen and oxygen atoms in total. The Labute approximate surface area is 165 Å². The maximum atomic E-state index is 12.3. The fourth-order valence-electron chi connectivity index (χ4n) is 4.32. The molecule has 1 fully saturated rings. The van der Waals surface area contributed by atoms with Gasteiger partial charge in [-0.05, 0) is 63.6 Å². The summed E-state index contributed by atoms with van der Waals surface area (Å²) in [7, 11) is 0. The van der Waals surface area contributed by atoms with Gasteiger partial charge in [-0.2, -0.15) is 0 Å². The number of unbranched alkanes of at least 4 members (excludes halogenated alkanes) is 5. The standard InChI is InChI=1S/C22H38O3S/c1-3-4-7-10-18(17(2)23)13-14-19-15-16-21(24)20(19)11-8-5-6-9-12-22(25)26/h18-20H,3-16H2,1-2H3,(H,25,26)/t18?,19-,20+/m0/s1. The molecule has 1 aliphatic carbocycles. The second-order valence-electron chi connectivity index (χ2n) is 8.10. The summed E-state index contributed by atoms with van der Waals surface area (Å²) in [4.78, 5) is 24.2. The number of aliphatic hydroxyl groups is 1. The topological polar surface area (TPSA) is 54.4 Å². The molecule has 0 aromatic rings.